The van der Waals surface area contributed by atoms with Crippen molar-refractivity contribution >= 4 is 76.1 Å². The zero-order valence-electron chi connectivity index (χ0n) is 34.3. The molecular formula is C45H39N4O13S3+. The summed E-state index contributed by atoms with van der Waals surface area (Å²) < 4.78 is 106. The number of anilines is 2. The van der Waals surface area contributed by atoms with Gasteiger partial charge < -0.3 is 14.2 Å². The number of amides is 2. The number of hydrogen-bond acceptors (Lipinski definition) is 12. The van der Waals surface area contributed by atoms with Crippen LogP contribution in [0.4, 0.5) is 17.1 Å². The van der Waals surface area contributed by atoms with E-state index in [9.17, 15) is 48.7 Å². The molecular weight excluding hydrogens is 901 g/mol. The average Bonchev–Trinajstić information content (AvgIpc) is 4.00. The molecule has 4 aromatic carbocycles. The fourth-order valence-corrected chi connectivity index (χ4v) is 12.0. The second-order valence-electron chi connectivity index (χ2n) is 16.3. The summed E-state index contributed by atoms with van der Waals surface area (Å²) in [4.78, 5) is 43.8. The molecule has 5 aliphatic heterocycles. The van der Waals surface area contributed by atoms with Gasteiger partial charge >= 0.3 is 5.97 Å². The van der Waals surface area contributed by atoms with Crippen LogP contribution >= 0.6 is 0 Å². The Kier molecular flexibility index (Phi) is 10.3. The van der Waals surface area contributed by atoms with E-state index < -0.39 is 54.0 Å². The Hall–Kier alpha value is -6.29. The maximum absolute atomic E-state index is 14.7. The van der Waals surface area contributed by atoms with Crippen molar-refractivity contribution in [2.45, 2.75) is 53.2 Å². The second kappa shape index (κ2) is 15.7. The zero-order valence-corrected chi connectivity index (χ0v) is 36.7. The first-order chi connectivity index (χ1) is 31.0. The van der Waals surface area contributed by atoms with Crippen LogP contribution in [0.2, 0.25) is 0 Å². The predicted octanol–water partition coefficient (Wildman–Crippen LogP) is 5.06. The lowest BCUT2D eigenvalue weighted by Gasteiger charge is -2.31. The molecule has 10 rings (SSSR count). The molecule has 6 aliphatic rings. The highest BCUT2D eigenvalue weighted by Crippen LogP contribution is 2.45. The van der Waals surface area contributed by atoms with Crippen LogP contribution < -0.4 is 14.8 Å². The van der Waals surface area contributed by atoms with E-state index in [1.807, 2.05) is 45.9 Å². The molecule has 2 saturated heterocycles. The van der Waals surface area contributed by atoms with E-state index in [0.29, 0.717) is 75.5 Å². The van der Waals surface area contributed by atoms with Crippen molar-refractivity contribution in [2.75, 3.05) is 31.1 Å². The SMILES string of the molecule is O=C(ON1C(=O)CCC1=O)C1CCN(S(=O)(=O)c2ccccc2-c2c3ccc(=[N+]4CCc5cc(S(=O)(=O)O)ccc54)cc-3oc3cc(N4CCc5cc(S(=O)(=O)O)ccc54)ccc23)CC1. The maximum Gasteiger partial charge on any atom is 0.336 e. The molecule has 0 atom stereocenters. The molecule has 0 spiro atoms. The van der Waals surface area contributed by atoms with Gasteiger partial charge in [-0.2, -0.15) is 25.7 Å². The van der Waals surface area contributed by atoms with Crippen molar-refractivity contribution in [3.63, 3.8) is 0 Å². The number of imide groups is 1. The van der Waals surface area contributed by atoms with Gasteiger partial charge in [-0.1, -0.05) is 18.2 Å². The van der Waals surface area contributed by atoms with Gasteiger partial charge in [0, 0.05) is 96.1 Å². The molecule has 20 heteroatoms. The van der Waals surface area contributed by atoms with Gasteiger partial charge in [-0.15, -0.1) is 5.06 Å². The molecule has 5 heterocycles. The number of hydrogen-bond donors (Lipinski definition) is 2. The largest absolute Gasteiger partial charge is 0.456 e. The summed E-state index contributed by atoms with van der Waals surface area (Å²) in [6, 6.07) is 26.6. The quantitative estimate of drug-likeness (QED) is 0.0880. The van der Waals surface area contributed by atoms with E-state index in [0.717, 1.165) is 22.5 Å². The monoisotopic (exact) mass is 939 g/mol. The number of carbonyl (C=O) groups is 3. The van der Waals surface area contributed by atoms with E-state index in [2.05, 4.69) is 0 Å². The Morgan fingerprint density at radius 3 is 2.12 bits per heavy atom. The lowest BCUT2D eigenvalue weighted by Crippen LogP contribution is -2.42. The summed E-state index contributed by atoms with van der Waals surface area (Å²) in [5, 5.41) is 1.80. The van der Waals surface area contributed by atoms with Crippen molar-refractivity contribution in [1.82, 2.24) is 13.9 Å². The van der Waals surface area contributed by atoms with Crippen LogP contribution in [0.5, 0.6) is 0 Å². The third-order valence-corrected chi connectivity index (χ3v) is 16.2. The fraction of sp³-hybridized carbons (Fsp3) is 0.244. The average molecular weight is 940 g/mol. The molecule has 17 nitrogen and oxygen atoms in total. The molecule has 0 unspecified atom stereocenters. The van der Waals surface area contributed by atoms with Crippen molar-refractivity contribution < 1.29 is 58.0 Å². The van der Waals surface area contributed by atoms with Crippen LogP contribution in [0.15, 0.2) is 116 Å². The second-order valence-corrected chi connectivity index (χ2v) is 21.1. The third-order valence-electron chi connectivity index (χ3n) is 12.5. The van der Waals surface area contributed by atoms with E-state index in [4.69, 9.17) is 9.25 Å². The number of carbonyl (C=O) groups excluding carboxylic acids is 3. The Morgan fingerprint density at radius 1 is 0.708 bits per heavy atom. The molecule has 4 aromatic rings. The number of fused-ring (bicyclic) bond motifs is 4. The molecule has 2 fully saturated rings. The Bertz CT molecular complexity index is 3420. The standard InChI is InChI=1S/C45H38N4O13S3/c50-42-13-14-43(51)49(42)62-45(52)27-15-19-46(20-16-27)63(53,54)41-4-2-1-3-36(41)44-34-9-5-30(47-21-17-28-23-32(64(55,56)57)7-11-37(28)47)25-39(34)61-40-26-31(6-10-35(40)44)48-22-18-29-24-33(65(58,59)60)8-12-38(29)48/h1-12,23-27H,13-22H2,(H-,55,56,57,58,59,60)/p+1. The first-order valence-electron chi connectivity index (χ1n) is 20.7. The highest BCUT2D eigenvalue weighted by atomic mass is 32.2. The highest BCUT2D eigenvalue weighted by Gasteiger charge is 2.39. The van der Waals surface area contributed by atoms with E-state index >= 15 is 0 Å². The van der Waals surface area contributed by atoms with Crippen LogP contribution in [0.25, 0.3) is 33.4 Å². The molecule has 334 valence electrons. The van der Waals surface area contributed by atoms with Crippen LogP contribution in [-0.2, 0) is 62.3 Å². The molecule has 65 heavy (non-hydrogen) atoms. The lowest BCUT2D eigenvalue weighted by molar-refractivity contribution is -0.201. The van der Waals surface area contributed by atoms with Gasteiger partial charge in [0.25, 0.3) is 32.1 Å². The van der Waals surface area contributed by atoms with Gasteiger partial charge in [-0.3, -0.25) is 18.7 Å². The number of sulfonamides is 1. The molecule has 2 amide bonds. The minimum atomic E-state index is -4.41. The number of rotatable bonds is 8. The Morgan fingerprint density at radius 2 is 1.40 bits per heavy atom. The molecule has 0 aromatic heterocycles. The van der Waals surface area contributed by atoms with Crippen LogP contribution in [-0.4, -0.2) is 87.7 Å². The van der Waals surface area contributed by atoms with Gasteiger partial charge in [0.1, 0.15) is 11.3 Å². The lowest BCUT2D eigenvalue weighted by atomic mass is 9.93. The third kappa shape index (κ3) is 7.58. The molecule has 0 bridgehead atoms. The normalized spacial score (nSPS) is 18.2. The van der Waals surface area contributed by atoms with Gasteiger partial charge in [-0.25, -0.2) is 13.2 Å². The van der Waals surface area contributed by atoms with E-state index in [-0.39, 0.29) is 53.5 Å². The smallest absolute Gasteiger partial charge is 0.336 e. The molecule has 2 N–H and O–H groups in total. The summed E-state index contributed by atoms with van der Waals surface area (Å²) in [6.07, 6.45) is 1.12. The van der Waals surface area contributed by atoms with E-state index in [1.54, 1.807) is 30.3 Å². The summed E-state index contributed by atoms with van der Waals surface area (Å²) in [5.41, 5.74) is 5.62. The summed E-state index contributed by atoms with van der Waals surface area (Å²) >= 11 is 0. The molecule has 0 radical (unpaired) electrons. The number of hydroxylamine groups is 2. The van der Waals surface area contributed by atoms with Crippen molar-refractivity contribution in [3.8, 4) is 22.5 Å². The Balaban J connectivity index is 1.07. The predicted molar refractivity (Wildman–Crippen MR) is 234 cm³/mol. The topological polar surface area (TPSA) is 229 Å². The number of piperidine rings is 1. The van der Waals surface area contributed by atoms with Gasteiger partial charge in [0.05, 0.1) is 26.7 Å². The van der Waals surface area contributed by atoms with Crippen molar-refractivity contribution in [3.05, 3.63) is 114 Å². The molecule has 0 saturated carbocycles. The maximum atomic E-state index is 14.7. The van der Waals surface area contributed by atoms with Crippen LogP contribution in [0.1, 0.15) is 36.8 Å². The minimum absolute atomic E-state index is 0.0162. The van der Waals surface area contributed by atoms with Crippen molar-refractivity contribution in [2.24, 2.45) is 5.92 Å². The minimum Gasteiger partial charge on any atom is -0.456 e. The summed E-state index contributed by atoms with van der Waals surface area (Å²) in [7, 11) is -13.0. The number of nitrogens with zero attached hydrogens (tertiary/aromatic N) is 4. The van der Waals surface area contributed by atoms with E-state index in [1.165, 1.54) is 34.6 Å². The molecule has 1 aliphatic carbocycles. The van der Waals surface area contributed by atoms with Gasteiger partial charge in [0.2, 0.25) is 21.1 Å². The Labute approximate surface area is 372 Å². The van der Waals surface area contributed by atoms with Crippen LogP contribution in [0, 0.1) is 5.92 Å². The van der Waals surface area contributed by atoms with Gasteiger partial charge in [0.15, 0.2) is 6.54 Å². The van der Waals surface area contributed by atoms with Crippen molar-refractivity contribution in [1.29, 1.82) is 0 Å². The van der Waals surface area contributed by atoms with Gasteiger partial charge in [-0.05, 0) is 79.4 Å². The zero-order chi connectivity index (χ0) is 45.6. The summed E-state index contributed by atoms with van der Waals surface area (Å²) in [6.45, 7) is 0.946. The first-order valence-corrected chi connectivity index (χ1v) is 25.0. The number of benzene rings is 5. The summed E-state index contributed by atoms with van der Waals surface area (Å²) in [5.74, 6) is -2.29. The fourth-order valence-electron chi connectivity index (χ4n) is 9.30. The van der Waals surface area contributed by atoms with Crippen LogP contribution in [0.3, 0.4) is 0 Å². The first kappa shape index (κ1) is 42.6. The highest BCUT2D eigenvalue weighted by molar-refractivity contribution is 7.89.